The van der Waals surface area contributed by atoms with Gasteiger partial charge in [0.05, 0.1) is 11.7 Å². The highest BCUT2D eigenvalue weighted by Crippen LogP contribution is 2.33. The van der Waals surface area contributed by atoms with Crippen molar-refractivity contribution in [2.75, 3.05) is 38.0 Å². The number of aryl methyl sites for hydroxylation is 1. The number of hydrogen-bond acceptors (Lipinski definition) is 7. The van der Waals surface area contributed by atoms with E-state index in [2.05, 4.69) is 42.0 Å². The molecule has 4 aromatic rings. The molecule has 0 amide bonds. The summed E-state index contributed by atoms with van der Waals surface area (Å²) in [6, 6.07) is 4.73. The summed E-state index contributed by atoms with van der Waals surface area (Å²) < 4.78 is 31.8. The standard InChI is InChI=1S/C29H34F2N8/c1-5-37-13-21-15-38(16-22(21)14-37)12-19-9-33-29(34-10-19)36-27-8-23(25(31)11-32-27)20-6-24(30)28-26(7-20)39(17(2)3)18(4)35-28/h6-11,17,21-22H,5,12-16H2,1-4H3,(H,32,33,34,36)/t21-,22?/m0/s1. The van der Waals surface area contributed by atoms with Crippen molar-refractivity contribution >= 4 is 22.8 Å². The van der Waals surface area contributed by atoms with Gasteiger partial charge in [0.15, 0.2) is 5.82 Å². The van der Waals surface area contributed by atoms with Crippen molar-refractivity contribution in [2.45, 2.75) is 40.3 Å². The predicted octanol–water partition coefficient (Wildman–Crippen LogP) is 5.18. The number of fused-ring (bicyclic) bond motifs is 2. The number of nitrogens with one attached hydrogen (secondary N) is 1. The minimum atomic E-state index is -0.541. The molecule has 1 unspecified atom stereocenters. The van der Waals surface area contributed by atoms with Gasteiger partial charge in [0.25, 0.3) is 0 Å². The Balaban J connectivity index is 1.18. The number of pyridine rings is 1. The molecule has 0 spiro atoms. The van der Waals surface area contributed by atoms with Crippen molar-refractivity contribution in [3.05, 3.63) is 59.8 Å². The number of aromatic nitrogens is 5. The topological polar surface area (TPSA) is 75.0 Å². The van der Waals surface area contributed by atoms with Crippen molar-refractivity contribution < 1.29 is 8.78 Å². The van der Waals surface area contributed by atoms with Crippen LogP contribution in [0, 0.1) is 30.4 Å². The number of imidazole rings is 1. The molecule has 2 atom stereocenters. The van der Waals surface area contributed by atoms with Crippen LogP contribution in [0.3, 0.4) is 0 Å². The Labute approximate surface area is 227 Å². The highest BCUT2D eigenvalue weighted by atomic mass is 19.1. The van der Waals surface area contributed by atoms with Gasteiger partial charge in [-0.15, -0.1) is 0 Å². The lowest BCUT2D eigenvalue weighted by atomic mass is 10.0. The third-order valence-electron chi connectivity index (χ3n) is 8.04. The number of nitrogens with zero attached hydrogens (tertiary/aromatic N) is 7. The lowest BCUT2D eigenvalue weighted by Crippen LogP contribution is -2.28. The second-order valence-electron chi connectivity index (χ2n) is 11.1. The summed E-state index contributed by atoms with van der Waals surface area (Å²) in [5.41, 5.74) is 2.62. The van der Waals surface area contributed by atoms with Crippen LogP contribution < -0.4 is 5.32 Å². The molecule has 0 radical (unpaired) electrons. The van der Waals surface area contributed by atoms with Crippen LogP contribution in [0.5, 0.6) is 0 Å². The van der Waals surface area contributed by atoms with E-state index >= 15 is 0 Å². The van der Waals surface area contributed by atoms with Crippen LogP contribution in [-0.2, 0) is 6.54 Å². The molecule has 2 saturated heterocycles. The second-order valence-corrected chi connectivity index (χ2v) is 11.1. The summed E-state index contributed by atoms with van der Waals surface area (Å²) >= 11 is 0. The molecule has 8 nitrogen and oxygen atoms in total. The Morgan fingerprint density at radius 3 is 2.28 bits per heavy atom. The molecule has 2 aliphatic heterocycles. The van der Waals surface area contributed by atoms with Gasteiger partial charge < -0.3 is 14.8 Å². The quantitative estimate of drug-likeness (QED) is 0.351. The Hall–Kier alpha value is -3.50. The van der Waals surface area contributed by atoms with Crippen molar-refractivity contribution in [1.29, 1.82) is 0 Å². The summed E-state index contributed by atoms with van der Waals surface area (Å²) in [5.74, 6) is 1.95. The third-order valence-corrected chi connectivity index (χ3v) is 8.04. The third kappa shape index (κ3) is 4.98. The molecule has 10 heteroatoms. The van der Waals surface area contributed by atoms with Crippen molar-refractivity contribution in [2.24, 2.45) is 11.8 Å². The lowest BCUT2D eigenvalue weighted by molar-refractivity contribution is 0.256. The van der Waals surface area contributed by atoms with E-state index in [0.29, 0.717) is 28.7 Å². The van der Waals surface area contributed by atoms with Gasteiger partial charge in [-0.1, -0.05) is 6.92 Å². The van der Waals surface area contributed by atoms with Gasteiger partial charge in [0.1, 0.15) is 23.0 Å². The maximum Gasteiger partial charge on any atom is 0.228 e. The van der Waals surface area contributed by atoms with Gasteiger partial charge >= 0.3 is 0 Å². The number of rotatable bonds is 7. The van der Waals surface area contributed by atoms with E-state index in [0.717, 1.165) is 49.8 Å². The van der Waals surface area contributed by atoms with Gasteiger partial charge in [0.2, 0.25) is 5.95 Å². The van der Waals surface area contributed by atoms with E-state index in [4.69, 9.17) is 0 Å². The lowest BCUT2D eigenvalue weighted by Gasteiger charge is -2.20. The second kappa shape index (κ2) is 10.2. The molecule has 2 fully saturated rings. The first-order valence-electron chi connectivity index (χ1n) is 13.7. The molecule has 0 saturated carbocycles. The largest absolute Gasteiger partial charge is 0.326 e. The van der Waals surface area contributed by atoms with Crippen LogP contribution >= 0.6 is 0 Å². The summed E-state index contributed by atoms with van der Waals surface area (Å²) in [4.78, 5) is 22.5. The normalized spacial score (nSPS) is 19.9. The Kier molecular flexibility index (Phi) is 6.76. The highest BCUT2D eigenvalue weighted by Gasteiger charge is 2.39. The zero-order valence-corrected chi connectivity index (χ0v) is 22.8. The predicted molar refractivity (Wildman–Crippen MR) is 148 cm³/mol. The first kappa shape index (κ1) is 25.8. The summed E-state index contributed by atoms with van der Waals surface area (Å²) in [5, 5.41) is 3.06. The average molecular weight is 533 g/mol. The fourth-order valence-electron chi connectivity index (χ4n) is 6.25. The van der Waals surface area contributed by atoms with Crippen molar-refractivity contribution in [3.8, 4) is 11.1 Å². The first-order valence-corrected chi connectivity index (χ1v) is 13.7. The molecule has 6 rings (SSSR count). The van der Waals surface area contributed by atoms with E-state index < -0.39 is 11.6 Å². The van der Waals surface area contributed by atoms with Crippen molar-refractivity contribution in [3.63, 3.8) is 0 Å². The Bertz CT molecular complexity index is 1490. The average Bonchev–Trinajstić information content (AvgIpc) is 3.57. The minimum absolute atomic E-state index is 0.0841. The number of halogens is 2. The SMILES string of the molecule is CCN1CC2CN(Cc3cnc(Nc4cc(-c5cc(F)c6nc(C)n(C(C)C)c6c5)c(F)cn4)nc3)C[C@@H]2C1. The van der Waals surface area contributed by atoms with Crippen LogP contribution in [0.25, 0.3) is 22.2 Å². The van der Waals surface area contributed by atoms with Gasteiger partial charge in [-0.2, -0.15) is 0 Å². The molecule has 39 heavy (non-hydrogen) atoms. The molecular formula is C29H34F2N8. The highest BCUT2D eigenvalue weighted by molar-refractivity contribution is 5.84. The molecule has 2 aliphatic rings. The van der Waals surface area contributed by atoms with Gasteiger partial charge in [0, 0.05) is 62.3 Å². The Morgan fingerprint density at radius 1 is 0.923 bits per heavy atom. The molecule has 1 N–H and O–H groups in total. The number of hydrogen-bond donors (Lipinski definition) is 1. The minimum Gasteiger partial charge on any atom is -0.326 e. The van der Waals surface area contributed by atoms with Crippen LogP contribution in [0.4, 0.5) is 20.5 Å². The first-order chi connectivity index (χ1) is 18.8. The number of likely N-dealkylation sites (tertiary alicyclic amines) is 2. The molecular weight excluding hydrogens is 498 g/mol. The fraction of sp³-hybridized carbons (Fsp3) is 0.448. The molecule has 3 aromatic heterocycles. The maximum absolute atomic E-state index is 15.0. The van der Waals surface area contributed by atoms with E-state index in [1.54, 1.807) is 12.1 Å². The van der Waals surface area contributed by atoms with Crippen LogP contribution in [-0.4, -0.2) is 67.0 Å². The number of benzene rings is 1. The fourth-order valence-corrected chi connectivity index (χ4v) is 6.25. The molecule has 0 aliphatic carbocycles. The van der Waals surface area contributed by atoms with E-state index in [1.807, 2.05) is 37.7 Å². The van der Waals surface area contributed by atoms with E-state index in [1.165, 1.54) is 19.2 Å². The van der Waals surface area contributed by atoms with Crippen LogP contribution in [0.1, 0.15) is 38.2 Å². The van der Waals surface area contributed by atoms with Gasteiger partial charge in [-0.3, -0.25) is 4.90 Å². The zero-order valence-electron chi connectivity index (χ0n) is 22.8. The maximum atomic E-state index is 15.0. The van der Waals surface area contributed by atoms with Crippen molar-refractivity contribution in [1.82, 2.24) is 34.3 Å². The zero-order chi connectivity index (χ0) is 27.3. The molecule has 5 heterocycles. The smallest absolute Gasteiger partial charge is 0.228 e. The van der Waals surface area contributed by atoms with Crippen LogP contribution in [0.15, 0.2) is 36.8 Å². The van der Waals surface area contributed by atoms with Gasteiger partial charge in [-0.05, 0) is 62.9 Å². The molecule has 0 bridgehead atoms. The van der Waals surface area contributed by atoms with Crippen LogP contribution in [0.2, 0.25) is 0 Å². The van der Waals surface area contributed by atoms with Gasteiger partial charge in [-0.25, -0.2) is 28.7 Å². The summed E-state index contributed by atoms with van der Waals surface area (Å²) in [6.45, 7) is 14.7. The van der Waals surface area contributed by atoms with E-state index in [9.17, 15) is 8.78 Å². The number of anilines is 2. The Morgan fingerprint density at radius 2 is 1.62 bits per heavy atom. The summed E-state index contributed by atoms with van der Waals surface area (Å²) in [6.07, 6.45) is 4.78. The molecule has 1 aromatic carbocycles. The summed E-state index contributed by atoms with van der Waals surface area (Å²) in [7, 11) is 0. The monoisotopic (exact) mass is 532 g/mol. The molecule has 204 valence electrons. The van der Waals surface area contributed by atoms with E-state index in [-0.39, 0.29) is 17.1 Å².